The summed E-state index contributed by atoms with van der Waals surface area (Å²) in [6.45, 7) is 6.81. The van der Waals surface area contributed by atoms with Crippen LogP contribution >= 0.6 is 0 Å². The van der Waals surface area contributed by atoms with Gasteiger partial charge in [-0.2, -0.15) is 0 Å². The first-order valence-electron chi connectivity index (χ1n) is 11.9. The van der Waals surface area contributed by atoms with Crippen LogP contribution in [0.4, 0.5) is 0 Å². The lowest BCUT2D eigenvalue weighted by atomic mass is 9.43. The molecule has 4 rings (SSSR count). The maximum Gasteiger partial charge on any atom is 0.303 e. The lowest BCUT2D eigenvalue weighted by Gasteiger charge is -2.63. The first-order chi connectivity index (χ1) is 13.6. The summed E-state index contributed by atoms with van der Waals surface area (Å²) in [6, 6.07) is 0.251. The highest BCUT2D eigenvalue weighted by atomic mass is 16.4. The summed E-state index contributed by atoms with van der Waals surface area (Å²) < 4.78 is 0. The molecule has 0 heterocycles. The molecule has 4 aliphatic carbocycles. The topological polar surface area (TPSA) is 104 Å². The van der Waals surface area contributed by atoms with Crippen molar-refractivity contribution in [3.05, 3.63) is 0 Å². The lowest BCUT2D eigenvalue weighted by molar-refractivity contribution is -0.202. The van der Waals surface area contributed by atoms with E-state index in [4.69, 9.17) is 10.8 Å². The zero-order valence-corrected chi connectivity index (χ0v) is 18.4. The Hall–Kier alpha value is -0.650. The second kappa shape index (κ2) is 7.49. The monoisotopic (exact) mass is 407 g/mol. The number of carboxylic acids is 1. The van der Waals surface area contributed by atoms with Gasteiger partial charge in [-0.05, 0) is 97.7 Å². The van der Waals surface area contributed by atoms with Crippen molar-refractivity contribution >= 4 is 5.97 Å². The number of aliphatic carboxylic acids is 1. The molecule has 5 heteroatoms. The Balaban J connectivity index is 1.61. The number of aliphatic hydroxyl groups is 2. The summed E-state index contributed by atoms with van der Waals surface area (Å²) in [4.78, 5) is 11.1. The van der Waals surface area contributed by atoms with Crippen LogP contribution in [0, 0.1) is 46.3 Å². The molecule has 0 spiro atoms. The minimum absolute atomic E-state index is 0.176. The molecule has 29 heavy (non-hydrogen) atoms. The molecule has 0 amide bonds. The highest BCUT2D eigenvalue weighted by molar-refractivity contribution is 5.66. The molecule has 11 atom stereocenters. The number of carboxylic acid groups (broad SMARTS) is 1. The van der Waals surface area contributed by atoms with Gasteiger partial charge in [0, 0.05) is 12.5 Å². The van der Waals surface area contributed by atoms with Crippen molar-refractivity contribution in [3.63, 3.8) is 0 Å². The van der Waals surface area contributed by atoms with Gasteiger partial charge in [-0.15, -0.1) is 0 Å². The molecule has 5 N–H and O–H groups in total. The first-order valence-corrected chi connectivity index (χ1v) is 11.9. The van der Waals surface area contributed by atoms with Crippen LogP contribution in [0.1, 0.15) is 78.6 Å². The second-order valence-corrected chi connectivity index (χ2v) is 11.5. The molecule has 0 aromatic rings. The van der Waals surface area contributed by atoms with Crippen molar-refractivity contribution in [2.45, 2.75) is 96.8 Å². The predicted molar refractivity (Wildman–Crippen MR) is 112 cm³/mol. The Bertz CT molecular complexity index is 640. The Morgan fingerprint density at radius 1 is 1.10 bits per heavy atom. The molecular formula is C24H41NO4. The molecule has 5 nitrogen and oxygen atoms in total. The first kappa shape index (κ1) is 21.6. The Labute approximate surface area is 175 Å². The summed E-state index contributed by atoms with van der Waals surface area (Å²) in [5.74, 6) is 1.30. The van der Waals surface area contributed by atoms with Gasteiger partial charge in [0.25, 0.3) is 0 Å². The van der Waals surface area contributed by atoms with Gasteiger partial charge < -0.3 is 21.1 Å². The molecule has 166 valence electrons. The summed E-state index contributed by atoms with van der Waals surface area (Å²) >= 11 is 0. The normalized spacial score (nSPS) is 52.9. The number of rotatable bonds is 4. The third-order valence-electron chi connectivity index (χ3n) is 10.4. The zero-order chi connectivity index (χ0) is 21.1. The van der Waals surface area contributed by atoms with E-state index in [2.05, 4.69) is 20.8 Å². The van der Waals surface area contributed by atoms with Crippen LogP contribution in [-0.2, 0) is 4.79 Å². The molecule has 0 radical (unpaired) electrons. The molecule has 4 fully saturated rings. The number of hydrogen-bond donors (Lipinski definition) is 4. The molecular weight excluding hydrogens is 366 g/mol. The van der Waals surface area contributed by atoms with Crippen LogP contribution in [0.25, 0.3) is 0 Å². The van der Waals surface area contributed by atoms with Crippen molar-refractivity contribution in [2.24, 2.45) is 52.1 Å². The Morgan fingerprint density at radius 3 is 2.52 bits per heavy atom. The average molecular weight is 408 g/mol. The van der Waals surface area contributed by atoms with Gasteiger partial charge >= 0.3 is 5.97 Å². The molecule has 4 saturated carbocycles. The van der Waals surface area contributed by atoms with E-state index in [0.29, 0.717) is 30.1 Å². The quantitative estimate of drug-likeness (QED) is 0.572. The number of carbonyl (C=O) groups is 1. The van der Waals surface area contributed by atoms with E-state index in [-0.39, 0.29) is 47.3 Å². The highest BCUT2D eigenvalue weighted by Crippen LogP contribution is 2.68. The van der Waals surface area contributed by atoms with Crippen molar-refractivity contribution in [1.29, 1.82) is 0 Å². The Kier molecular flexibility index (Phi) is 5.57. The average Bonchev–Trinajstić information content (AvgIpc) is 3.01. The minimum atomic E-state index is -0.738. The van der Waals surface area contributed by atoms with Crippen LogP contribution in [0.2, 0.25) is 0 Å². The molecule has 6 unspecified atom stereocenters. The molecule has 0 bridgehead atoms. The van der Waals surface area contributed by atoms with Crippen LogP contribution < -0.4 is 5.73 Å². The van der Waals surface area contributed by atoms with Gasteiger partial charge in [0.15, 0.2) is 0 Å². The fourth-order valence-corrected chi connectivity index (χ4v) is 8.74. The highest BCUT2D eigenvalue weighted by Gasteiger charge is 2.65. The van der Waals surface area contributed by atoms with E-state index in [1.54, 1.807) is 0 Å². The fourth-order valence-electron chi connectivity index (χ4n) is 8.74. The van der Waals surface area contributed by atoms with E-state index in [0.717, 1.165) is 44.9 Å². The van der Waals surface area contributed by atoms with Gasteiger partial charge in [-0.25, -0.2) is 0 Å². The number of fused-ring (bicyclic) bond motifs is 5. The summed E-state index contributed by atoms with van der Waals surface area (Å²) in [6.07, 6.45) is 7.09. The second-order valence-electron chi connectivity index (χ2n) is 11.5. The standard InChI is InChI=1S/C24H41NO4/c1-13(4-7-21(28)29)16-5-6-17-22-18(12-20(27)24(16,17)3)23(2)9-8-15(25)10-14(23)11-19(22)26/h13-20,22,26-27H,4-12,25H2,1-3H3,(H,28,29)/t13?,14?,15-,16+,17?,18?,19+,20-,22?,23-,24?/m0/s1. The number of hydrogen-bond acceptors (Lipinski definition) is 4. The van der Waals surface area contributed by atoms with E-state index in [1.165, 1.54) is 0 Å². The van der Waals surface area contributed by atoms with Gasteiger partial charge in [-0.1, -0.05) is 20.8 Å². The molecule has 4 aliphatic rings. The SMILES string of the molecule is CC(CCC(=O)O)[C@H]1CCC2C3C(C[C@H](O)C21C)[C@@]1(C)CC[C@H](N)CC1C[C@H]3O. The van der Waals surface area contributed by atoms with Crippen molar-refractivity contribution in [1.82, 2.24) is 0 Å². The maximum absolute atomic E-state index is 11.5. The summed E-state index contributed by atoms with van der Waals surface area (Å²) in [5, 5.41) is 31.9. The van der Waals surface area contributed by atoms with E-state index in [1.807, 2.05) is 0 Å². The minimum Gasteiger partial charge on any atom is -0.481 e. The van der Waals surface area contributed by atoms with Crippen LogP contribution in [-0.4, -0.2) is 39.5 Å². The van der Waals surface area contributed by atoms with Crippen molar-refractivity contribution in [2.75, 3.05) is 0 Å². The smallest absolute Gasteiger partial charge is 0.303 e. The fraction of sp³-hybridized carbons (Fsp3) is 0.958. The molecule has 0 aromatic carbocycles. The van der Waals surface area contributed by atoms with Gasteiger partial charge in [0.1, 0.15) is 0 Å². The van der Waals surface area contributed by atoms with E-state index >= 15 is 0 Å². The van der Waals surface area contributed by atoms with E-state index in [9.17, 15) is 15.0 Å². The maximum atomic E-state index is 11.5. The van der Waals surface area contributed by atoms with Crippen molar-refractivity contribution < 1.29 is 20.1 Å². The van der Waals surface area contributed by atoms with Gasteiger partial charge in [0.2, 0.25) is 0 Å². The molecule has 0 saturated heterocycles. The van der Waals surface area contributed by atoms with Crippen molar-refractivity contribution in [3.8, 4) is 0 Å². The molecule has 0 aliphatic heterocycles. The van der Waals surface area contributed by atoms with Crippen LogP contribution in [0.15, 0.2) is 0 Å². The summed E-state index contributed by atoms with van der Waals surface area (Å²) in [5.41, 5.74) is 6.24. The summed E-state index contributed by atoms with van der Waals surface area (Å²) in [7, 11) is 0. The van der Waals surface area contributed by atoms with E-state index < -0.39 is 5.97 Å². The van der Waals surface area contributed by atoms with Crippen LogP contribution in [0.3, 0.4) is 0 Å². The zero-order valence-electron chi connectivity index (χ0n) is 18.4. The largest absolute Gasteiger partial charge is 0.481 e. The van der Waals surface area contributed by atoms with Crippen LogP contribution in [0.5, 0.6) is 0 Å². The van der Waals surface area contributed by atoms with Gasteiger partial charge in [-0.3, -0.25) is 4.79 Å². The third-order valence-corrected chi connectivity index (χ3v) is 10.4. The Morgan fingerprint density at radius 2 is 1.83 bits per heavy atom. The molecule has 0 aromatic heterocycles. The lowest BCUT2D eigenvalue weighted by Crippen LogP contribution is -2.62. The predicted octanol–water partition coefficient (Wildman–Crippen LogP) is 3.42. The number of nitrogens with two attached hydrogens (primary N) is 1. The number of aliphatic hydroxyl groups excluding tert-OH is 2. The van der Waals surface area contributed by atoms with Gasteiger partial charge in [0.05, 0.1) is 12.2 Å². The third kappa shape index (κ3) is 3.27.